The third kappa shape index (κ3) is 3.77. The van der Waals surface area contributed by atoms with Gasteiger partial charge in [0.15, 0.2) is 0 Å². The third-order valence-electron chi connectivity index (χ3n) is 2.08. The molecule has 0 atom stereocenters. The predicted octanol–water partition coefficient (Wildman–Crippen LogP) is 0.657. The van der Waals surface area contributed by atoms with Crippen LogP contribution in [-0.4, -0.2) is 32.7 Å². The number of rotatable bonds is 5. The molecule has 0 bridgehead atoms. The number of methoxy groups -OCH3 is 1. The second-order valence-corrected chi connectivity index (χ2v) is 6.10. The molecule has 1 heterocycles. The van der Waals surface area contributed by atoms with Crippen molar-refractivity contribution in [1.82, 2.24) is 9.71 Å². The number of aromatic nitrogens is 1. The summed E-state index contributed by atoms with van der Waals surface area (Å²) < 4.78 is 31.5. The average molecular weight is 269 g/mol. The van der Waals surface area contributed by atoms with Crippen molar-refractivity contribution in [2.45, 2.75) is 24.3 Å². The molecule has 0 aliphatic heterocycles. The first kappa shape index (κ1) is 14.6. The maximum absolute atomic E-state index is 12.0. The van der Waals surface area contributed by atoms with E-state index in [0.29, 0.717) is 0 Å². The second kappa shape index (κ2) is 5.44. The number of ether oxygens (including phenoxy) is 1. The van der Waals surface area contributed by atoms with Crippen LogP contribution in [0.1, 0.15) is 19.5 Å². The highest BCUT2D eigenvalue weighted by atomic mass is 32.2. The van der Waals surface area contributed by atoms with Crippen LogP contribution in [-0.2, 0) is 14.8 Å². The van der Waals surface area contributed by atoms with Gasteiger partial charge in [0.1, 0.15) is 16.7 Å². The number of sulfonamides is 1. The van der Waals surface area contributed by atoms with Gasteiger partial charge < -0.3 is 4.74 Å². The molecule has 0 amide bonds. The van der Waals surface area contributed by atoms with Crippen LogP contribution in [0.15, 0.2) is 23.2 Å². The Labute approximate surface area is 107 Å². The topological polar surface area (TPSA) is 92.1 Å². The van der Waals surface area contributed by atoms with Crippen LogP contribution in [0.2, 0.25) is 0 Å². The second-order valence-electron chi connectivity index (χ2n) is 4.41. The first-order chi connectivity index (χ1) is 8.30. The summed E-state index contributed by atoms with van der Waals surface area (Å²) in [7, 11) is -2.17. The molecule has 0 saturated carbocycles. The summed E-state index contributed by atoms with van der Waals surface area (Å²) in [5.41, 5.74) is -0.549. The van der Waals surface area contributed by atoms with Gasteiger partial charge in [-0.05, 0) is 26.0 Å². The van der Waals surface area contributed by atoms with Gasteiger partial charge in [-0.25, -0.2) is 18.1 Å². The maximum atomic E-state index is 12.0. The quantitative estimate of drug-likeness (QED) is 0.847. The lowest BCUT2D eigenvalue weighted by atomic mass is 10.1. The number of nitriles is 1. The molecule has 1 aromatic rings. The zero-order valence-corrected chi connectivity index (χ0v) is 11.3. The van der Waals surface area contributed by atoms with Crippen LogP contribution in [0.4, 0.5) is 0 Å². The number of nitrogens with one attached hydrogen (secondary N) is 1. The van der Waals surface area contributed by atoms with Crippen molar-refractivity contribution in [3.8, 4) is 6.07 Å². The molecule has 0 aliphatic rings. The smallest absolute Gasteiger partial charge is 0.242 e. The van der Waals surface area contributed by atoms with Gasteiger partial charge in [0.05, 0.1) is 12.1 Å². The standard InChI is InChI=1S/C11H15N3O3S/c1-11(2,8-17-3)14-18(15,16)10-5-4-9(6-12)13-7-10/h4-5,7,14H,8H2,1-3H3. The van der Waals surface area contributed by atoms with Gasteiger partial charge in [-0.15, -0.1) is 0 Å². The first-order valence-electron chi connectivity index (χ1n) is 5.20. The Kier molecular flexibility index (Phi) is 4.40. The highest BCUT2D eigenvalue weighted by Gasteiger charge is 2.26. The van der Waals surface area contributed by atoms with Crippen molar-refractivity contribution >= 4 is 10.0 Å². The average Bonchev–Trinajstić information content (AvgIpc) is 2.27. The minimum Gasteiger partial charge on any atom is -0.383 e. The van der Waals surface area contributed by atoms with E-state index >= 15 is 0 Å². The molecule has 6 nitrogen and oxygen atoms in total. The van der Waals surface area contributed by atoms with Gasteiger partial charge >= 0.3 is 0 Å². The molecule has 7 heteroatoms. The minimum absolute atomic E-state index is 0.0191. The van der Waals surface area contributed by atoms with Crippen LogP contribution in [0.5, 0.6) is 0 Å². The Morgan fingerprint density at radius 3 is 2.61 bits per heavy atom. The van der Waals surface area contributed by atoms with Crippen LogP contribution in [0.3, 0.4) is 0 Å². The van der Waals surface area contributed by atoms with Gasteiger partial charge in [-0.1, -0.05) is 0 Å². The summed E-state index contributed by atoms with van der Waals surface area (Å²) in [4.78, 5) is 3.75. The fourth-order valence-electron chi connectivity index (χ4n) is 1.42. The largest absolute Gasteiger partial charge is 0.383 e. The van der Waals surface area contributed by atoms with Crippen molar-refractivity contribution in [3.63, 3.8) is 0 Å². The number of hydrogen-bond donors (Lipinski definition) is 1. The van der Waals surface area contributed by atoms with E-state index in [2.05, 4.69) is 9.71 Å². The summed E-state index contributed by atoms with van der Waals surface area (Å²) >= 11 is 0. The third-order valence-corrected chi connectivity index (χ3v) is 3.76. The lowest BCUT2D eigenvalue weighted by molar-refractivity contribution is 0.141. The molecule has 0 fully saturated rings. The van der Waals surface area contributed by atoms with E-state index in [0.717, 1.165) is 6.20 Å². The highest BCUT2D eigenvalue weighted by molar-refractivity contribution is 7.89. The van der Waals surface area contributed by atoms with Crippen LogP contribution >= 0.6 is 0 Å². The molecule has 1 N–H and O–H groups in total. The molecule has 0 radical (unpaired) electrons. The molecule has 98 valence electrons. The fourth-order valence-corrected chi connectivity index (χ4v) is 2.76. The Morgan fingerprint density at radius 1 is 1.50 bits per heavy atom. The fraction of sp³-hybridized carbons (Fsp3) is 0.455. The Balaban J connectivity index is 2.96. The molecular formula is C11H15N3O3S. The molecule has 0 aromatic carbocycles. The molecule has 0 saturated heterocycles. The molecule has 0 aliphatic carbocycles. The number of hydrogen-bond acceptors (Lipinski definition) is 5. The molecule has 1 aromatic heterocycles. The minimum atomic E-state index is -3.67. The van der Waals surface area contributed by atoms with E-state index in [9.17, 15) is 8.42 Å². The summed E-state index contributed by atoms with van der Waals surface area (Å²) in [6.07, 6.45) is 1.16. The normalized spacial score (nSPS) is 12.1. The van der Waals surface area contributed by atoms with Gasteiger partial charge in [0, 0.05) is 13.3 Å². The van der Waals surface area contributed by atoms with Gasteiger partial charge in [-0.2, -0.15) is 5.26 Å². The summed E-state index contributed by atoms with van der Waals surface area (Å²) in [5.74, 6) is 0. The maximum Gasteiger partial charge on any atom is 0.242 e. The van der Waals surface area contributed by atoms with Gasteiger partial charge in [-0.3, -0.25) is 0 Å². The first-order valence-corrected chi connectivity index (χ1v) is 6.68. The van der Waals surface area contributed by atoms with Gasteiger partial charge in [0.25, 0.3) is 0 Å². The van der Waals surface area contributed by atoms with Crippen LogP contribution in [0, 0.1) is 11.3 Å². The van der Waals surface area contributed by atoms with Crippen molar-refractivity contribution in [2.75, 3.05) is 13.7 Å². The lowest BCUT2D eigenvalue weighted by Crippen LogP contribution is -2.46. The van der Waals surface area contributed by atoms with Crippen molar-refractivity contribution in [3.05, 3.63) is 24.0 Å². The molecule has 0 unspecified atom stereocenters. The van der Waals surface area contributed by atoms with E-state index in [1.165, 1.54) is 19.2 Å². The SMILES string of the molecule is COCC(C)(C)NS(=O)(=O)c1ccc(C#N)nc1. The predicted molar refractivity (Wildman–Crippen MR) is 65.2 cm³/mol. The molecule has 18 heavy (non-hydrogen) atoms. The molecule has 0 spiro atoms. The monoisotopic (exact) mass is 269 g/mol. The Bertz CT molecular complexity index is 544. The van der Waals surface area contributed by atoms with Crippen molar-refractivity contribution in [2.24, 2.45) is 0 Å². The van der Waals surface area contributed by atoms with E-state index in [-0.39, 0.29) is 17.2 Å². The Hall–Kier alpha value is -1.49. The Morgan fingerprint density at radius 2 is 2.17 bits per heavy atom. The number of pyridine rings is 1. The van der Waals surface area contributed by atoms with E-state index < -0.39 is 15.6 Å². The van der Waals surface area contributed by atoms with E-state index in [4.69, 9.17) is 10.00 Å². The number of nitrogens with zero attached hydrogens (tertiary/aromatic N) is 2. The molecule has 1 rings (SSSR count). The van der Waals surface area contributed by atoms with Crippen LogP contribution < -0.4 is 4.72 Å². The zero-order valence-electron chi connectivity index (χ0n) is 10.5. The van der Waals surface area contributed by atoms with Crippen molar-refractivity contribution < 1.29 is 13.2 Å². The summed E-state index contributed by atoms with van der Waals surface area (Å²) in [5, 5.41) is 8.59. The van der Waals surface area contributed by atoms with E-state index in [1.54, 1.807) is 13.8 Å². The van der Waals surface area contributed by atoms with Gasteiger partial charge in [0.2, 0.25) is 10.0 Å². The zero-order chi connectivity index (χ0) is 13.8. The highest BCUT2D eigenvalue weighted by Crippen LogP contribution is 2.12. The lowest BCUT2D eigenvalue weighted by Gasteiger charge is -2.24. The molecular weight excluding hydrogens is 254 g/mol. The van der Waals surface area contributed by atoms with Crippen LogP contribution in [0.25, 0.3) is 0 Å². The summed E-state index contributed by atoms with van der Waals surface area (Å²) in [6.45, 7) is 3.67. The summed E-state index contributed by atoms with van der Waals surface area (Å²) in [6, 6.07) is 4.53. The van der Waals surface area contributed by atoms with E-state index in [1.807, 2.05) is 6.07 Å². The van der Waals surface area contributed by atoms with Crippen molar-refractivity contribution in [1.29, 1.82) is 5.26 Å².